The summed E-state index contributed by atoms with van der Waals surface area (Å²) in [5, 5.41) is 0. The summed E-state index contributed by atoms with van der Waals surface area (Å²) >= 11 is 0. The molecule has 32 heavy (non-hydrogen) atoms. The first kappa shape index (κ1) is 21.9. The highest BCUT2D eigenvalue weighted by Gasteiger charge is 2.36. The molecule has 2 aliphatic rings. The molecule has 3 heterocycles. The van der Waals surface area contributed by atoms with Crippen LogP contribution in [0.25, 0.3) is 0 Å². The predicted molar refractivity (Wildman–Crippen MR) is 114 cm³/mol. The van der Waals surface area contributed by atoms with Gasteiger partial charge in [0.1, 0.15) is 18.9 Å². The number of benzene rings is 1. The van der Waals surface area contributed by atoms with Crippen LogP contribution in [0.3, 0.4) is 0 Å². The molecule has 0 spiro atoms. The van der Waals surface area contributed by atoms with Gasteiger partial charge < -0.3 is 18.8 Å². The molecular formula is C23H27N3O6. The van der Waals surface area contributed by atoms with Crippen molar-refractivity contribution in [3.8, 4) is 0 Å². The van der Waals surface area contributed by atoms with Gasteiger partial charge in [-0.15, -0.1) is 0 Å². The highest BCUT2D eigenvalue weighted by Crippen LogP contribution is 2.27. The van der Waals surface area contributed by atoms with Crippen LogP contribution >= 0.6 is 0 Å². The molecule has 1 atom stereocenters. The highest BCUT2D eigenvalue weighted by molar-refractivity contribution is 5.86. The minimum Gasteiger partial charge on any atom is -0.463 e. The standard InChI is InChI=1S/C23H27N3O6/c1-30-22(28)20-9-8-18(32-20)14-24-10-5-11-25(13-12-24)21(27)15-26-19(16-31-23(26)29)17-6-3-2-4-7-17/h2-4,6-9,19H,5,10-16H2,1H3. The first-order chi connectivity index (χ1) is 15.5. The number of rotatable bonds is 6. The lowest BCUT2D eigenvalue weighted by molar-refractivity contribution is -0.131. The van der Waals surface area contributed by atoms with Gasteiger partial charge in [0.2, 0.25) is 11.7 Å². The van der Waals surface area contributed by atoms with Gasteiger partial charge >= 0.3 is 12.1 Å². The Hall–Kier alpha value is -3.33. The van der Waals surface area contributed by atoms with Crippen LogP contribution in [0.15, 0.2) is 46.9 Å². The van der Waals surface area contributed by atoms with Crippen LogP contribution < -0.4 is 0 Å². The van der Waals surface area contributed by atoms with E-state index in [4.69, 9.17) is 9.15 Å². The maximum atomic E-state index is 13.0. The summed E-state index contributed by atoms with van der Waals surface area (Å²) in [6, 6.07) is 12.7. The summed E-state index contributed by atoms with van der Waals surface area (Å²) in [4.78, 5) is 42.3. The Morgan fingerprint density at radius 2 is 1.88 bits per heavy atom. The number of carbonyl (C=O) groups excluding carboxylic acids is 3. The second-order valence-electron chi connectivity index (χ2n) is 7.90. The fourth-order valence-corrected chi connectivity index (χ4v) is 4.09. The molecule has 4 rings (SSSR count). The Balaban J connectivity index is 1.33. The zero-order valence-corrected chi connectivity index (χ0v) is 18.1. The minimum atomic E-state index is -0.502. The topological polar surface area (TPSA) is 92.5 Å². The Morgan fingerprint density at radius 3 is 2.66 bits per heavy atom. The third kappa shape index (κ3) is 4.94. The number of furan rings is 1. The van der Waals surface area contributed by atoms with E-state index in [0.29, 0.717) is 31.9 Å². The zero-order chi connectivity index (χ0) is 22.5. The number of methoxy groups -OCH3 is 1. The third-order valence-corrected chi connectivity index (χ3v) is 5.83. The van der Waals surface area contributed by atoms with Crippen molar-refractivity contribution in [3.63, 3.8) is 0 Å². The Bertz CT molecular complexity index is 960. The Morgan fingerprint density at radius 1 is 1.06 bits per heavy atom. The van der Waals surface area contributed by atoms with Crippen molar-refractivity contribution in [3.05, 3.63) is 59.5 Å². The van der Waals surface area contributed by atoms with E-state index in [9.17, 15) is 14.4 Å². The van der Waals surface area contributed by atoms with Crippen LogP contribution in [0.4, 0.5) is 4.79 Å². The molecule has 170 valence electrons. The Labute approximate surface area is 186 Å². The second-order valence-corrected chi connectivity index (χ2v) is 7.90. The van der Waals surface area contributed by atoms with Gasteiger partial charge in [-0.3, -0.25) is 14.6 Å². The maximum Gasteiger partial charge on any atom is 0.410 e. The fraction of sp³-hybridized carbons (Fsp3) is 0.435. The second kappa shape index (κ2) is 9.86. The average Bonchev–Trinajstić information content (AvgIpc) is 3.34. The molecule has 1 aromatic heterocycles. The van der Waals surface area contributed by atoms with Gasteiger partial charge in [-0.25, -0.2) is 9.59 Å². The van der Waals surface area contributed by atoms with Gasteiger partial charge in [-0.05, 0) is 24.1 Å². The average molecular weight is 441 g/mol. The van der Waals surface area contributed by atoms with Crippen LogP contribution in [0.2, 0.25) is 0 Å². The lowest BCUT2D eigenvalue weighted by Gasteiger charge is -2.26. The molecule has 1 unspecified atom stereocenters. The fourth-order valence-electron chi connectivity index (χ4n) is 4.09. The molecule has 2 saturated heterocycles. The van der Waals surface area contributed by atoms with Crippen molar-refractivity contribution in [1.29, 1.82) is 0 Å². The van der Waals surface area contributed by atoms with Crippen molar-refractivity contribution < 1.29 is 28.3 Å². The molecule has 1 aromatic carbocycles. The van der Waals surface area contributed by atoms with E-state index in [-0.39, 0.29) is 30.9 Å². The van der Waals surface area contributed by atoms with Crippen LogP contribution in [0.5, 0.6) is 0 Å². The number of nitrogens with zero attached hydrogens (tertiary/aromatic N) is 3. The summed E-state index contributed by atoms with van der Waals surface area (Å²) in [5.41, 5.74) is 0.956. The van der Waals surface area contributed by atoms with Gasteiger partial charge in [0.05, 0.1) is 19.7 Å². The number of amides is 2. The van der Waals surface area contributed by atoms with E-state index in [1.807, 2.05) is 30.3 Å². The van der Waals surface area contributed by atoms with E-state index >= 15 is 0 Å². The molecule has 2 aliphatic heterocycles. The van der Waals surface area contributed by atoms with Gasteiger partial charge in [-0.1, -0.05) is 30.3 Å². The lowest BCUT2D eigenvalue weighted by atomic mass is 10.1. The first-order valence-electron chi connectivity index (χ1n) is 10.7. The third-order valence-electron chi connectivity index (χ3n) is 5.83. The maximum absolute atomic E-state index is 13.0. The molecular weight excluding hydrogens is 414 g/mol. The van der Waals surface area contributed by atoms with Crippen LogP contribution in [-0.4, -0.2) is 79.1 Å². The monoisotopic (exact) mass is 441 g/mol. The summed E-state index contributed by atoms with van der Waals surface area (Å²) in [6.45, 7) is 3.46. The van der Waals surface area contributed by atoms with Crippen molar-refractivity contribution in [2.45, 2.75) is 19.0 Å². The van der Waals surface area contributed by atoms with Gasteiger partial charge in [0.15, 0.2) is 0 Å². The molecule has 0 saturated carbocycles. The quantitative estimate of drug-likeness (QED) is 0.635. The lowest BCUT2D eigenvalue weighted by Crippen LogP contribution is -2.43. The molecule has 0 radical (unpaired) electrons. The molecule has 2 amide bonds. The number of cyclic esters (lactones) is 1. The molecule has 0 bridgehead atoms. The van der Waals surface area contributed by atoms with Crippen LogP contribution in [0.1, 0.15) is 34.3 Å². The van der Waals surface area contributed by atoms with Crippen molar-refractivity contribution >= 4 is 18.0 Å². The number of carbonyl (C=O) groups is 3. The minimum absolute atomic E-state index is 0.000925. The van der Waals surface area contributed by atoms with Gasteiger partial charge in [0.25, 0.3) is 0 Å². The molecule has 9 heteroatoms. The highest BCUT2D eigenvalue weighted by atomic mass is 16.6. The number of hydrogen-bond acceptors (Lipinski definition) is 7. The van der Waals surface area contributed by atoms with E-state index in [2.05, 4.69) is 9.64 Å². The van der Waals surface area contributed by atoms with E-state index in [1.54, 1.807) is 17.0 Å². The SMILES string of the molecule is COC(=O)c1ccc(CN2CCCN(C(=O)CN3C(=O)OCC3c3ccccc3)CC2)o1. The van der Waals surface area contributed by atoms with Crippen LogP contribution in [-0.2, 0) is 20.8 Å². The van der Waals surface area contributed by atoms with Gasteiger partial charge in [-0.2, -0.15) is 0 Å². The molecule has 2 aromatic rings. The Kier molecular flexibility index (Phi) is 6.75. The molecule has 2 fully saturated rings. The molecule has 9 nitrogen and oxygen atoms in total. The van der Waals surface area contributed by atoms with Crippen LogP contribution in [0, 0.1) is 0 Å². The normalized spacial score (nSPS) is 19.5. The van der Waals surface area contributed by atoms with E-state index < -0.39 is 12.1 Å². The van der Waals surface area contributed by atoms with Crippen molar-refractivity contribution in [2.75, 3.05) is 46.4 Å². The number of hydrogen-bond donors (Lipinski definition) is 0. The molecule has 0 N–H and O–H groups in total. The summed E-state index contributed by atoms with van der Waals surface area (Å²) in [5.74, 6) is 0.269. The van der Waals surface area contributed by atoms with Crippen molar-refractivity contribution in [1.82, 2.24) is 14.7 Å². The summed E-state index contributed by atoms with van der Waals surface area (Å²) < 4.78 is 15.4. The summed E-state index contributed by atoms with van der Waals surface area (Å²) in [7, 11) is 1.31. The van der Waals surface area contributed by atoms with E-state index in [1.165, 1.54) is 12.0 Å². The van der Waals surface area contributed by atoms with Crippen molar-refractivity contribution in [2.24, 2.45) is 0 Å². The van der Waals surface area contributed by atoms with E-state index in [0.717, 1.165) is 18.5 Å². The van der Waals surface area contributed by atoms with Gasteiger partial charge in [0, 0.05) is 26.2 Å². The predicted octanol–water partition coefficient (Wildman–Crippen LogP) is 2.29. The zero-order valence-electron chi connectivity index (χ0n) is 18.1. The smallest absolute Gasteiger partial charge is 0.410 e. The molecule has 0 aliphatic carbocycles. The first-order valence-corrected chi connectivity index (χ1v) is 10.7. The number of esters is 1. The largest absolute Gasteiger partial charge is 0.463 e. The number of ether oxygens (including phenoxy) is 2. The summed E-state index contributed by atoms with van der Waals surface area (Å²) in [6.07, 6.45) is 0.353.